The number of nitrogens with zero attached hydrogens (tertiary/aromatic N) is 1. The molecule has 8 heteroatoms. The summed E-state index contributed by atoms with van der Waals surface area (Å²) in [5, 5.41) is 12.8. The number of amides is 2. The molecule has 1 aromatic rings. The molecule has 0 aliphatic heterocycles. The van der Waals surface area contributed by atoms with Gasteiger partial charge in [0.1, 0.15) is 6.04 Å². The zero-order valence-corrected chi connectivity index (χ0v) is 15.5. The van der Waals surface area contributed by atoms with Gasteiger partial charge in [-0.25, -0.2) is 4.79 Å². The lowest BCUT2D eigenvalue weighted by Crippen LogP contribution is -2.47. The molecule has 25 heavy (non-hydrogen) atoms. The molecule has 3 atom stereocenters. The number of benzene rings is 1. The molecule has 0 aromatic heterocycles. The van der Waals surface area contributed by atoms with Gasteiger partial charge >= 0.3 is 5.97 Å². The molecule has 2 amide bonds. The third-order valence-electron chi connectivity index (χ3n) is 4.26. The van der Waals surface area contributed by atoms with E-state index >= 15 is 0 Å². The summed E-state index contributed by atoms with van der Waals surface area (Å²) in [5.41, 5.74) is 0.876. The number of aliphatic carboxylic acids is 1. The molecule has 1 fully saturated rings. The van der Waals surface area contributed by atoms with E-state index < -0.39 is 12.0 Å². The van der Waals surface area contributed by atoms with Crippen molar-refractivity contribution in [1.29, 1.82) is 0 Å². The van der Waals surface area contributed by atoms with E-state index in [1.807, 2.05) is 0 Å². The van der Waals surface area contributed by atoms with Gasteiger partial charge in [0.2, 0.25) is 11.8 Å². The number of carbonyl (C=O) groups is 3. The van der Waals surface area contributed by atoms with E-state index in [1.54, 1.807) is 18.2 Å². The van der Waals surface area contributed by atoms with E-state index in [9.17, 15) is 19.5 Å². The van der Waals surface area contributed by atoms with Gasteiger partial charge in [-0.3, -0.25) is 9.59 Å². The van der Waals surface area contributed by atoms with Gasteiger partial charge < -0.3 is 15.3 Å². The van der Waals surface area contributed by atoms with Gasteiger partial charge in [0.15, 0.2) is 0 Å². The summed E-state index contributed by atoms with van der Waals surface area (Å²) >= 11 is 12.0. The topological polar surface area (TPSA) is 86.7 Å². The molecule has 1 aliphatic carbocycles. The summed E-state index contributed by atoms with van der Waals surface area (Å²) in [6, 6.07) is 4.20. The van der Waals surface area contributed by atoms with E-state index in [4.69, 9.17) is 23.2 Å². The molecule has 136 valence electrons. The molecule has 0 saturated heterocycles. The van der Waals surface area contributed by atoms with Crippen molar-refractivity contribution in [1.82, 2.24) is 10.2 Å². The van der Waals surface area contributed by atoms with Crippen LogP contribution in [0.15, 0.2) is 18.2 Å². The highest BCUT2D eigenvalue weighted by atomic mass is 35.5. The van der Waals surface area contributed by atoms with Crippen LogP contribution >= 0.6 is 23.2 Å². The first-order valence-electron chi connectivity index (χ1n) is 7.94. The van der Waals surface area contributed by atoms with E-state index in [1.165, 1.54) is 18.7 Å². The fourth-order valence-corrected chi connectivity index (χ4v) is 3.36. The van der Waals surface area contributed by atoms with E-state index in [-0.39, 0.29) is 36.7 Å². The summed E-state index contributed by atoms with van der Waals surface area (Å²) in [4.78, 5) is 36.4. The number of carbonyl (C=O) groups excluding carboxylic acids is 2. The van der Waals surface area contributed by atoms with Crippen LogP contribution in [0.5, 0.6) is 0 Å². The molecular formula is C17H20Cl2N2O4. The molecule has 1 aromatic carbocycles. The number of carboxylic acids is 1. The maximum atomic E-state index is 12.8. The minimum Gasteiger partial charge on any atom is -0.480 e. The summed E-state index contributed by atoms with van der Waals surface area (Å²) < 4.78 is 0. The van der Waals surface area contributed by atoms with Crippen molar-refractivity contribution in [2.75, 3.05) is 13.1 Å². The molecule has 2 rings (SSSR count). The zero-order chi connectivity index (χ0) is 18.7. The molecule has 6 nitrogen and oxygen atoms in total. The van der Waals surface area contributed by atoms with Crippen LogP contribution in [0.25, 0.3) is 0 Å². The van der Waals surface area contributed by atoms with Crippen LogP contribution in [-0.2, 0) is 14.4 Å². The Morgan fingerprint density at radius 1 is 1.28 bits per heavy atom. The first-order valence-corrected chi connectivity index (χ1v) is 8.70. The molecule has 0 spiro atoms. The standard InChI is InChI=1S/C17H20Cl2N2O4/c1-9(17(24)25)21(4-3-20-10(2)22)16(23)15-8-14(15)11-5-12(18)7-13(19)6-11/h5-7,9,14-15H,3-4,8H2,1-2H3,(H,20,22)(H,24,25). The second-order valence-electron chi connectivity index (χ2n) is 6.18. The second-order valence-corrected chi connectivity index (χ2v) is 7.05. The highest BCUT2D eigenvalue weighted by molar-refractivity contribution is 6.34. The fourth-order valence-electron chi connectivity index (χ4n) is 2.82. The molecule has 1 saturated carbocycles. The highest BCUT2D eigenvalue weighted by Crippen LogP contribution is 2.49. The maximum absolute atomic E-state index is 12.8. The maximum Gasteiger partial charge on any atom is 0.326 e. The number of rotatable bonds is 7. The SMILES string of the molecule is CC(=O)NCCN(C(=O)C1CC1c1cc(Cl)cc(Cl)c1)C(C)C(=O)O. The van der Waals surface area contributed by atoms with Crippen molar-refractivity contribution in [2.45, 2.75) is 32.2 Å². The van der Waals surface area contributed by atoms with Gasteiger partial charge in [0.25, 0.3) is 0 Å². The average Bonchev–Trinajstić information content (AvgIpc) is 3.29. The lowest BCUT2D eigenvalue weighted by molar-refractivity contribution is -0.150. The smallest absolute Gasteiger partial charge is 0.326 e. The van der Waals surface area contributed by atoms with Crippen LogP contribution in [0.3, 0.4) is 0 Å². The van der Waals surface area contributed by atoms with Crippen LogP contribution in [0, 0.1) is 5.92 Å². The van der Waals surface area contributed by atoms with Gasteiger partial charge in [-0.05, 0) is 43.0 Å². The van der Waals surface area contributed by atoms with Gasteiger partial charge in [-0.2, -0.15) is 0 Å². The summed E-state index contributed by atoms with van der Waals surface area (Å²) in [5.74, 6) is -1.87. The molecular weight excluding hydrogens is 367 g/mol. The lowest BCUT2D eigenvalue weighted by Gasteiger charge is -2.27. The first kappa shape index (κ1) is 19.5. The fraction of sp³-hybridized carbons (Fsp3) is 0.471. The summed E-state index contributed by atoms with van der Waals surface area (Å²) in [6.07, 6.45) is 0.623. The largest absolute Gasteiger partial charge is 0.480 e. The molecule has 0 heterocycles. The Balaban J connectivity index is 2.08. The number of halogens is 2. The third kappa shape index (κ3) is 5.09. The minimum atomic E-state index is -1.08. The Hall–Kier alpha value is -1.79. The average molecular weight is 387 g/mol. The Morgan fingerprint density at radius 2 is 1.88 bits per heavy atom. The zero-order valence-electron chi connectivity index (χ0n) is 14.0. The predicted octanol–water partition coefficient (Wildman–Crippen LogP) is 2.53. The molecule has 2 N–H and O–H groups in total. The summed E-state index contributed by atoms with van der Waals surface area (Å²) in [7, 11) is 0. The molecule has 0 radical (unpaired) electrons. The first-order chi connectivity index (χ1) is 11.7. The van der Waals surface area contributed by atoms with E-state index in [0.717, 1.165) is 5.56 Å². The Bertz CT molecular complexity index is 675. The van der Waals surface area contributed by atoms with Gasteiger partial charge in [0, 0.05) is 36.0 Å². The van der Waals surface area contributed by atoms with Crippen LogP contribution in [0.4, 0.5) is 0 Å². The number of carboxylic acid groups (broad SMARTS) is 1. The van der Waals surface area contributed by atoms with Crippen molar-refractivity contribution in [3.8, 4) is 0 Å². The van der Waals surface area contributed by atoms with E-state index in [2.05, 4.69) is 5.32 Å². The third-order valence-corrected chi connectivity index (χ3v) is 4.69. The Labute approximate surface area is 156 Å². The normalized spacial score (nSPS) is 19.8. The van der Waals surface area contributed by atoms with Crippen LogP contribution in [-0.4, -0.2) is 46.9 Å². The molecule has 0 bridgehead atoms. The molecule has 1 aliphatic rings. The van der Waals surface area contributed by atoms with Crippen LogP contribution < -0.4 is 5.32 Å². The minimum absolute atomic E-state index is 0.0204. The Kier molecular flexibility index (Phi) is 6.30. The predicted molar refractivity (Wildman–Crippen MR) is 94.8 cm³/mol. The molecule has 3 unspecified atom stereocenters. The van der Waals surface area contributed by atoms with Crippen molar-refractivity contribution in [3.63, 3.8) is 0 Å². The van der Waals surface area contributed by atoms with Crippen LogP contribution in [0.2, 0.25) is 10.0 Å². The summed E-state index contributed by atoms with van der Waals surface area (Å²) in [6.45, 7) is 3.18. The van der Waals surface area contributed by atoms with Crippen LogP contribution in [0.1, 0.15) is 31.7 Å². The highest BCUT2D eigenvalue weighted by Gasteiger charge is 2.47. The van der Waals surface area contributed by atoms with Crippen molar-refractivity contribution in [2.24, 2.45) is 5.92 Å². The van der Waals surface area contributed by atoms with Gasteiger partial charge in [0.05, 0.1) is 0 Å². The van der Waals surface area contributed by atoms with Gasteiger partial charge in [-0.1, -0.05) is 23.2 Å². The van der Waals surface area contributed by atoms with Crippen molar-refractivity contribution in [3.05, 3.63) is 33.8 Å². The number of nitrogens with one attached hydrogen (secondary N) is 1. The Morgan fingerprint density at radius 3 is 2.40 bits per heavy atom. The monoisotopic (exact) mass is 386 g/mol. The quantitative estimate of drug-likeness (QED) is 0.753. The van der Waals surface area contributed by atoms with Gasteiger partial charge in [-0.15, -0.1) is 0 Å². The van der Waals surface area contributed by atoms with E-state index in [0.29, 0.717) is 16.5 Å². The lowest BCUT2D eigenvalue weighted by atomic mass is 10.1. The number of hydrogen-bond donors (Lipinski definition) is 2. The van der Waals surface area contributed by atoms with Crippen molar-refractivity contribution < 1.29 is 19.5 Å². The van der Waals surface area contributed by atoms with Crippen molar-refractivity contribution >= 4 is 41.0 Å². The second kappa shape index (κ2) is 8.06. The number of hydrogen-bond acceptors (Lipinski definition) is 3.